The number of hydrogen-bond donors (Lipinski definition) is 2. The number of nitrogens with zero attached hydrogens (tertiary/aromatic N) is 3. The molecule has 1 amide bonds. The second-order valence-electron chi connectivity index (χ2n) is 10.5. The number of anilines is 1. The molecule has 6 rings (SSSR count). The first kappa shape index (κ1) is 24.7. The van der Waals surface area contributed by atoms with Crippen LogP contribution in [0.25, 0.3) is 0 Å². The van der Waals surface area contributed by atoms with E-state index < -0.39 is 35.9 Å². The summed E-state index contributed by atoms with van der Waals surface area (Å²) in [6.07, 6.45) is 4.60. The van der Waals surface area contributed by atoms with Gasteiger partial charge in [0, 0.05) is 37.5 Å². The number of quaternary nitrogens is 1. The molecule has 2 bridgehead atoms. The number of amides is 1. The molecule has 4 fully saturated rings. The van der Waals surface area contributed by atoms with Crippen molar-refractivity contribution in [3.05, 3.63) is 54.6 Å². The molecule has 4 heterocycles. The van der Waals surface area contributed by atoms with E-state index in [1.807, 2.05) is 0 Å². The molecule has 2 unspecified atom stereocenters. The van der Waals surface area contributed by atoms with E-state index in [4.69, 9.17) is 4.74 Å². The first-order valence-electron chi connectivity index (χ1n) is 12.5. The first-order valence-corrected chi connectivity index (χ1v) is 12.5. The maximum Gasteiger partial charge on any atom is 0.343 e. The van der Waals surface area contributed by atoms with Gasteiger partial charge >= 0.3 is 5.97 Å². The van der Waals surface area contributed by atoms with Gasteiger partial charge in [-0.05, 0) is 12.0 Å². The number of piperidine rings is 3. The van der Waals surface area contributed by atoms with Crippen molar-refractivity contribution < 1.29 is 32.7 Å². The van der Waals surface area contributed by atoms with E-state index in [9.17, 15) is 23.5 Å². The van der Waals surface area contributed by atoms with E-state index in [-0.39, 0.29) is 36.8 Å². The highest BCUT2D eigenvalue weighted by molar-refractivity contribution is 5.91. The smallest absolute Gasteiger partial charge is 0.343 e. The number of rotatable bonds is 7. The Morgan fingerprint density at radius 3 is 2.47 bits per heavy atom. The largest absolute Gasteiger partial charge is 0.454 e. The van der Waals surface area contributed by atoms with E-state index in [2.05, 4.69) is 15.3 Å². The molecule has 1 aromatic carbocycles. The molecule has 1 aliphatic carbocycles. The Balaban J connectivity index is 1.31. The summed E-state index contributed by atoms with van der Waals surface area (Å²) in [6.45, 7) is 2.23. The number of benzene rings is 1. The number of esters is 1. The zero-order chi connectivity index (χ0) is 25.4. The Morgan fingerprint density at radius 2 is 1.83 bits per heavy atom. The minimum atomic E-state index is -2.92. The summed E-state index contributed by atoms with van der Waals surface area (Å²) >= 11 is 0. The average molecular weight is 502 g/mol. The molecule has 8 nitrogen and oxygen atoms in total. The summed E-state index contributed by atoms with van der Waals surface area (Å²) in [7, 11) is 0. The highest BCUT2D eigenvalue weighted by Crippen LogP contribution is 2.48. The van der Waals surface area contributed by atoms with Crippen LogP contribution in [0.1, 0.15) is 37.7 Å². The minimum Gasteiger partial charge on any atom is -0.454 e. The zero-order valence-corrected chi connectivity index (χ0v) is 20.0. The second-order valence-corrected chi connectivity index (χ2v) is 10.5. The standard InChI is InChI=1S/C26H30F2N4O4/c27-25(28)9-6-20(12-25)26(35,19-4-2-1-3-5-19)24(34)36-22-15-32(10-7-18(22)8-11-32)16-23(33)31-21-13-29-17-30-14-21/h1-5,13-14,17-18,20,22,35H,6-12,15-16H2/p+1/t18?,20?,22-,26?,32?/m0/s1. The molecule has 0 spiro atoms. The quantitative estimate of drug-likeness (QED) is 0.447. The van der Waals surface area contributed by atoms with Crippen molar-refractivity contribution in [2.24, 2.45) is 11.8 Å². The van der Waals surface area contributed by atoms with Crippen molar-refractivity contribution in [1.29, 1.82) is 0 Å². The van der Waals surface area contributed by atoms with Crippen molar-refractivity contribution in [1.82, 2.24) is 9.97 Å². The van der Waals surface area contributed by atoms with Crippen LogP contribution >= 0.6 is 0 Å². The van der Waals surface area contributed by atoms with Crippen molar-refractivity contribution in [3.63, 3.8) is 0 Å². The summed E-state index contributed by atoms with van der Waals surface area (Å²) in [6, 6.07) is 8.25. The SMILES string of the molecule is O=C(C[N+]12CCC(CC1)[C@@H](OC(=O)C(O)(c1ccccc1)C1CCC(F)(F)C1)C2)Nc1cncnc1. The molecule has 192 valence electrons. The highest BCUT2D eigenvalue weighted by atomic mass is 19.3. The molecular formula is C26H31F2N4O4+. The molecule has 3 saturated heterocycles. The lowest BCUT2D eigenvalue weighted by Gasteiger charge is -2.52. The molecule has 2 aromatic rings. The van der Waals surface area contributed by atoms with Crippen molar-refractivity contribution in [3.8, 4) is 0 Å². The van der Waals surface area contributed by atoms with Crippen LogP contribution in [0.2, 0.25) is 0 Å². The summed E-state index contributed by atoms with van der Waals surface area (Å²) in [4.78, 5) is 34.1. The van der Waals surface area contributed by atoms with Gasteiger partial charge in [0.2, 0.25) is 5.92 Å². The highest BCUT2D eigenvalue weighted by Gasteiger charge is 2.56. The van der Waals surface area contributed by atoms with Gasteiger partial charge in [0.1, 0.15) is 12.9 Å². The van der Waals surface area contributed by atoms with Crippen LogP contribution in [0.15, 0.2) is 49.1 Å². The number of aromatic nitrogens is 2. The Bertz CT molecular complexity index is 1100. The van der Waals surface area contributed by atoms with Gasteiger partial charge in [0.15, 0.2) is 18.2 Å². The van der Waals surface area contributed by atoms with E-state index in [0.717, 1.165) is 25.9 Å². The fraction of sp³-hybridized carbons (Fsp3) is 0.538. The summed E-state index contributed by atoms with van der Waals surface area (Å²) in [5, 5.41) is 14.5. The van der Waals surface area contributed by atoms with Crippen LogP contribution in [0.4, 0.5) is 14.5 Å². The predicted octanol–water partition coefficient (Wildman–Crippen LogP) is 2.89. The normalized spacial score (nSPS) is 30.4. The Kier molecular flexibility index (Phi) is 6.50. The van der Waals surface area contributed by atoms with Crippen LogP contribution in [0, 0.1) is 11.8 Å². The molecule has 0 radical (unpaired) electrons. The topological polar surface area (TPSA) is 101 Å². The molecule has 2 N–H and O–H groups in total. The lowest BCUT2D eigenvalue weighted by Crippen LogP contribution is -2.66. The van der Waals surface area contributed by atoms with Crippen LogP contribution in [0.3, 0.4) is 0 Å². The van der Waals surface area contributed by atoms with Gasteiger partial charge in [-0.1, -0.05) is 30.3 Å². The molecule has 36 heavy (non-hydrogen) atoms. The number of halogens is 2. The minimum absolute atomic E-state index is 0.0327. The van der Waals surface area contributed by atoms with Crippen LogP contribution < -0.4 is 5.32 Å². The van der Waals surface area contributed by atoms with Gasteiger partial charge in [-0.2, -0.15) is 0 Å². The number of fused-ring (bicyclic) bond motifs is 3. The van der Waals surface area contributed by atoms with Gasteiger partial charge in [-0.3, -0.25) is 4.79 Å². The van der Waals surface area contributed by atoms with Crippen molar-refractivity contribution in [2.75, 3.05) is 31.5 Å². The molecule has 3 aliphatic heterocycles. The van der Waals surface area contributed by atoms with Crippen LogP contribution in [-0.2, 0) is 19.9 Å². The molecule has 4 aliphatic rings. The van der Waals surface area contributed by atoms with E-state index in [1.165, 1.54) is 18.7 Å². The molecule has 1 saturated carbocycles. The fourth-order valence-electron chi connectivity index (χ4n) is 6.19. The zero-order valence-electron chi connectivity index (χ0n) is 20.0. The molecule has 10 heteroatoms. The van der Waals surface area contributed by atoms with E-state index in [1.54, 1.807) is 30.3 Å². The number of carbonyl (C=O) groups is 2. The van der Waals surface area contributed by atoms with E-state index >= 15 is 0 Å². The van der Waals surface area contributed by atoms with E-state index in [0.29, 0.717) is 16.7 Å². The summed E-state index contributed by atoms with van der Waals surface area (Å²) in [5.74, 6) is -4.80. The van der Waals surface area contributed by atoms with Gasteiger partial charge in [-0.25, -0.2) is 23.5 Å². The van der Waals surface area contributed by atoms with Gasteiger partial charge in [-0.15, -0.1) is 0 Å². The Hall–Kier alpha value is -2.98. The number of hydrogen-bond acceptors (Lipinski definition) is 6. The molecular weight excluding hydrogens is 470 g/mol. The Labute approximate surface area is 208 Å². The fourth-order valence-corrected chi connectivity index (χ4v) is 6.19. The number of ether oxygens (including phenoxy) is 1. The number of alkyl halides is 2. The van der Waals surface area contributed by atoms with Gasteiger partial charge < -0.3 is 19.6 Å². The maximum absolute atomic E-state index is 14.1. The van der Waals surface area contributed by atoms with Crippen LogP contribution in [0.5, 0.6) is 0 Å². The third-order valence-corrected chi connectivity index (χ3v) is 8.14. The lowest BCUT2D eigenvalue weighted by molar-refractivity contribution is -0.939. The van der Waals surface area contributed by atoms with Gasteiger partial charge in [0.25, 0.3) is 5.91 Å². The summed E-state index contributed by atoms with van der Waals surface area (Å²) < 4.78 is 34.6. The van der Waals surface area contributed by atoms with Crippen molar-refractivity contribution >= 4 is 17.6 Å². The first-order chi connectivity index (χ1) is 17.2. The van der Waals surface area contributed by atoms with Gasteiger partial charge in [0.05, 0.1) is 31.2 Å². The van der Waals surface area contributed by atoms with Crippen molar-refractivity contribution in [2.45, 2.75) is 49.7 Å². The lowest BCUT2D eigenvalue weighted by atomic mass is 9.79. The maximum atomic E-state index is 14.1. The number of carbonyl (C=O) groups excluding carboxylic acids is 2. The Morgan fingerprint density at radius 1 is 1.14 bits per heavy atom. The third kappa shape index (κ3) is 4.84. The number of nitrogens with one attached hydrogen (secondary N) is 1. The monoisotopic (exact) mass is 501 g/mol. The molecule has 1 aromatic heterocycles. The summed E-state index contributed by atoms with van der Waals surface area (Å²) in [5.41, 5.74) is -1.37. The third-order valence-electron chi connectivity index (χ3n) is 8.14. The second kappa shape index (κ2) is 9.48. The molecule has 3 atom stereocenters. The average Bonchev–Trinajstić information content (AvgIpc) is 3.25. The number of aliphatic hydroxyl groups is 1. The van der Waals surface area contributed by atoms with Crippen LogP contribution in [-0.4, -0.2) is 69.6 Å². The predicted molar refractivity (Wildman–Crippen MR) is 126 cm³/mol.